The van der Waals surface area contributed by atoms with Gasteiger partial charge in [0.15, 0.2) is 0 Å². The van der Waals surface area contributed by atoms with Gasteiger partial charge in [-0.15, -0.1) is 0 Å². The molecular weight excluding hydrogens is 252 g/mol. The standard InChI is InChI=1S/C16H26N2O2/c1-6-12(2)11-20-14-10-8-7-9-13(14)17-15(19)18-16(3,4)5/h7-10,12H,6,11H2,1-5H3,(H2,17,18,19). The predicted molar refractivity (Wildman–Crippen MR) is 83.3 cm³/mol. The summed E-state index contributed by atoms with van der Waals surface area (Å²) in [7, 11) is 0. The summed E-state index contributed by atoms with van der Waals surface area (Å²) >= 11 is 0. The SMILES string of the molecule is CCC(C)COc1ccccc1NC(=O)NC(C)(C)C. The highest BCUT2D eigenvalue weighted by molar-refractivity contribution is 5.91. The van der Waals surface area contributed by atoms with Gasteiger partial charge in [0.1, 0.15) is 5.75 Å². The lowest BCUT2D eigenvalue weighted by molar-refractivity contribution is 0.242. The topological polar surface area (TPSA) is 50.4 Å². The second kappa shape index (κ2) is 7.17. The van der Waals surface area contributed by atoms with E-state index >= 15 is 0 Å². The monoisotopic (exact) mass is 278 g/mol. The number of carbonyl (C=O) groups is 1. The minimum atomic E-state index is -0.267. The molecule has 4 heteroatoms. The zero-order valence-corrected chi connectivity index (χ0v) is 13.1. The summed E-state index contributed by atoms with van der Waals surface area (Å²) in [5.74, 6) is 1.20. The number of anilines is 1. The van der Waals surface area contributed by atoms with E-state index in [-0.39, 0.29) is 11.6 Å². The van der Waals surface area contributed by atoms with Crippen molar-refractivity contribution in [3.8, 4) is 5.75 Å². The molecule has 0 heterocycles. The molecule has 20 heavy (non-hydrogen) atoms. The summed E-state index contributed by atoms with van der Waals surface area (Å²) in [5.41, 5.74) is 0.425. The highest BCUT2D eigenvalue weighted by atomic mass is 16.5. The fraction of sp³-hybridized carbons (Fsp3) is 0.562. The van der Waals surface area contributed by atoms with Gasteiger partial charge in [0.2, 0.25) is 0 Å². The normalized spacial score (nSPS) is 12.7. The Morgan fingerprint density at radius 3 is 2.55 bits per heavy atom. The zero-order valence-electron chi connectivity index (χ0n) is 13.1. The van der Waals surface area contributed by atoms with Crippen molar-refractivity contribution in [2.45, 2.75) is 46.6 Å². The molecular formula is C16H26N2O2. The molecule has 0 saturated carbocycles. The van der Waals surface area contributed by atoms with Crippen LogP contribution >= 0.6 is 0 Å². The van der Waals surface area contributed by atoms with E-state index in [0.29, 0.717) is 24.0 Å². The van der Waals surface area contributed by atoms with Crippen molar-refractivity contribution < 1.29 is 9.53 Å². The van der Waals surface area contributed by atoms with Gasteiger partial charge in [-0.05, 0) is 38.8 Å². The first-order valence-electron chi connectivity index (χ1n) is 7.13. The highest BCUT2D eigenvalue weighted by Crippen LogP contribution is 2.24. The third-order valence-corrected chi connectivity index (χ3v) is 2.84. The van der Waals surface area contributed by atoms with Gasteiger partial charge < -0.3 is 15.4 Å². The van der Waals surface area contributed by atoms with E-state index in [1.165, 1.54) is 0 Å². The molecule has 4 nitrogen and oxygen atoms in total. The van der Waals surface area contributed by atoms with Gasteiger partial charge in [-0.2, -0.15) is 0 Å². The van der Waals surface area contributed by atoms with E-state index in [4.69, 9.17) is 4.74 Å². The predicted octanol–water partition coefficient (Wildman–Crippen LogP) is 4.03. The molecule has 0 aliphatic heterocycles. The molecule has 0 bridgehead atoms. The first-order valence-corrected chi connectivity index (χ1v) is 7.13. The first-order chi connectivity index (χ1) is 9.31. The van der Waals surface area contributed by atoms with Gasteiger partial charge in [0.05, 0.1) is 12.3 Å². The second-order valence-corrected chi connectivity index (χ2v) is 6.15. The number of amides is 2. The smallest absolute Gasteiger partial charge is 0.319 e. The summed E-state index contributed by atoms with van der Waals surface area (Å²) in [6.45, 7) is 10.8. The van der Waals surface area contributed by atoms with Gasteiger partial charge in [0.25, 0.3) is 0 Å². The van der Waals surface area contributed by atoms with E-state index in [1.54, 1.807) is 0 Å². The van der Waals surface area contributed by atoms with Crippen molar-refractivity contribution in [1.29, 1.82) is 0 Å². The van der Waals surface area contributed by atoms with E-state index in [9.17, 15) is 4.79 Å². The number of ether oxygens (including phenoxy) is 1. The average molecular weight is 278 g/mol. The average Bonchev–Trinajstić information content (AvgIpc) is 2.35. The summed E-state index contributed by atoms with van der Waals surface area (Å²) in [4.78, 5) is 11.9. The van der Waals surface area contributed by atoms with Gasteiger partial charge >= 0.3 is 6.03 Å². The van der Waals surface area contributed by atoms with Crippen molar-refractivity contribution in [1.82, 2.24) is 5.32 Å². The largest absolute Gasteiger partial charge is 0.491 e. The van der Waals surface area contributed by atoms with E-state index in [2.05, 4.69) is 24.5 Å². The molecule has 0 spiro atoms. The van der Waals surface area contributed by atoms with Crippen LogP contribution in [0.5, 0.6) is 5.75 Å². The molecule has 2 N–H and O–H groups in total. The molecule has 0 saturated heterocycles. The third-order valence-electron chi connectivity index (χ3n) is 2.84. The van der Waals surface area contributed by atoms with Crippen LogP contribution in [0.2, 0.25) is 0 Å². The molecule has 1 aromatic rings. The number of carbonyl (C=O) groups excluding carboxylic acids is 1. The Morgan fingerprint density at radius 2 is 1.95 bits per heavy atom. The Bertz CT molecular complexity index is 438. The molecule has 0 aromatic heterocycles. The minimum absolute atomic E-state index is 0.225. The summed E-state index contributed by atoms with van der Waals surface area (Å²) in [6.07, 6.45) is 1.07. The molecule has 1 rings (SSSR count). The van der Waals surface area contributed by atoms with Crippen LogP contribution in [0.3, 0.4) is 0 Å². The molecule has 1 aromatic carbocycles. The van der Waals surface area contributed by atoms with Gasteiger partial charge in [-0.1, -0.05) is 32.4 Å². The Kier molecular flexibility index (Phi) is 5.86. The second-order valence-electron chi connectivity index (χ2n) is 6.15. The molecule has 1 unspecified atom stereocenters. The Hall–Kier alpha value is -1.71. The van der Waals surface area contributed by atoms with Crippen LogP contribution in [0.1, 0.15) is 41.0 Å². The van der Waals surface area contributed by atoms with Crippen LogP contribution in [0.4, 0.5) is 10.5 Å². The number of para-hydroxylation sites is 2. The lowest BCUT2D eigenvalue weighted by atomic mass is 10.1. The van der Waals surface area contributed by atoms with Crippen LogP contribution in [0, 0.1) is 5.92 Å². The number of urea groups is 1. The summed E-state index contributed by atoms with van der Waals surface area (Å²) in [5, 5.41) is 5.70. The minimum Gasteiger partial charge on any atom is -0.491 e. The Morgan fingerprint density at radius 1 is 1.30 bits per heavy atom. The van der Waals surface area contributed by atoms with Crippen molar-refractivity contribution in [2.75, 3.05) is 11.9 Å². The third kappa shape index (κ3) is 5.95. The first kappa shape index (κ1) is 16.3. The van der Waals surface area contributed by atoms with Crippen LogP contribution in [-0.2, 0) is 0 Å². The van der Waals surface area contributed by atoms with Crippen molar-refractivity contribution in [3.63, 3.8) is 0 Å². The van der Waals surface area contributed by atoms with Gasteiger partial charge in [-0.25, -0.2) is 4.79 Å². The van der Waals surface area contributed by atoms with Crippen LogP contribution in [-0.4, -0.2) is 18.2 Å². The molecule has 1 atom stereocenters. The van der Waals surface area contributed by atoms with E-state index in [0.717, 1.165) is 6.42 Å². The number of rotatable bonds is 5. The number of benzene rings is 1. The Balaban J connectivity index is 2.68. The molecule has 0 aliphatic rings. The van der Waals surface area contributed by atoms with Crippen LogP contribution in [0.25, 0.3) is 0 Å². The number of hydrogen-bond acceptors (Lipinski definition) is 2. The number of nitrogens with one attached hydrogen (secondary N) is 2. The molecule has 112 valence electrons. The van der Waals surface area contributed by atoms with Gasteiger partial charge in [-0.3, -0.25) is 0 Å². The van der Waals surface area contributed by atoms with Crippen LogP contribution < -0.4 is 15.4 Å². The van der Waals surface area contributed by atoms with Crippen LogP contribution in [0.15, 0.2) is 24.3 Å². The summed E-state index contributed by atoms with van der Waals surface area (Å²) in [6, 6.07) is 7.27. The zero-order chi connectivity index (χ0) is 15.2. The van der Waals surface area contributed by atoms with Crippen molar-refractivity contribution >= 4 is 11.7 Å². The highest BCUT2D eigenvalue weighted by Gasteiger charge is 2.15. The summed E-state index contributed by atoms with van der Waals surface area (Å²) < 4.78 is 5.78. The molecule has 0 fully saturated rings. The van der Waals surface area contributed by atoms with Crippen molar-refractivity contribution in [3.05, 3.63) is 24.3 Å². The maximum Gasteiger partial charge on any atom is 0.319 e. The van der Waals surface area contributed by atoms with Gasteiger partial charge in [0, 0.05) is 5.54 Å². The molecule has 0 radical (unpaired) electrons. The number of hydrogen-bond donors (Lipinski definition) is 2. The quantitative estimate of drug-likeness (QED) is 0.854. The maximum atomic E-state index is 11.9. The lowest BCUT2D eigenvalue weighted by Gasteiger charge is -2.21. The van der Waals surface area contributed by atoms with E-state index in [1.807, 2.05) is 45.0 Å². The van der Waals surface area contributed by atoms with Crippen molar-refractivity contribution in [2.24, 2.45) is 5.92 Å². The fourth-order valence-electron chi connectivity index (χ4n) is 1.54. The molecule has 0 aliphatic carbocycles. The Labute approximate surface area is 121 Å². The lowest BCUT2D eigenvalue weighted by Crippen LogP contribution is -2.43. The fourth-order valence-corrected chi connectivity index (χ4v) is 1.54. The maximum absolute atomic E-state index is 11.9. The molecule has 2 amide bonds. The van der Waals surface area contributed by atoms with E-state index < -0.39 is 0 Å².